The molecule has 1 heterocycles. The molecule has 0 N–H and O–H groups in total. The van der Waals surface area contributed by atoms with Crippen molar-refractivity contribution in [2.24, 2.45) is 0 Å². The lowest BCUT2D eigenvalue weighted by Crippen LogP contribution is -2.47. The van der Waals surface area contributed by atoms with E-state index in [4.69, 9.17) is 16.3 Å². The number of carbonyl (C=O) groups is 1. The van der Waals surface area contributed by atoms with Crippen molar-refractivity contribution >= 4 is 30.0 Å². The van der Waals surface area contributed by atoms with Crippen molar-refractivity contribution in [3.05, 3.63) is 34.9 Å². The molecular formula is C16H24Cl2N2O2. The molecule has 124 valence electrons. The van der Waals surface area contributed by atoms with E-state index in [1.165, 1.54) is 0 Å². The summed E-state index contributed by atoms with van der Waals surface area (Å²) < 4.78 is 5.49. The minimum absolute atomic E-state index is 0. The maximum Gasteiger partial charge on any atom is 0.310 e. The van der Waals surface area contributed by atoms with Crippen molar-refractivity contribution in [2.45, 2.75) is 19.4 Å². The first kappa shape index (κ1) is 19.2. The van der Waals surface area contributed by atoms with Gasteiger partial charge in [0.2, 0.25) is 0 Å². The molecule has 0 saturated carbocycles. The lowest BCUT2D eigenvalue weighted by molar-refractivity contribution is -0.148. The zero-order chi connectivity index (χ0) is 15.2. The fourth-order valence-electron chi connectivity index (χ4n) is 2.47. The second-order valence-electron chi connectivity index (χ2n) is 5.71. The predicted octanol–water partition coefficient (Wildman–Crippen LogP) is 2.48. The highest BCUT2D eigenvalue weighted by molar-refractivity contribution is 6.30. The molecule has 2 rings (SSSR count). The lowest BCUT2D eigenvalue weighted by atomic mass is 10.1. The van der Waals surface area contributed by atoms with Gasteiger partial charge in [-0.25, -0.2) is 0 Å². The van der Waals surface area contributed by atoms with E-state index in [-0.39, 0.29) is 24.5 Å². The zero-order valence-corrected chi connectivity index (χ0v) is 14.7. The maximum absolute atomic E-state index is 11.9. The number of nitrogens with zero attached hydrogens (tertiary/aromatic N) is 2. The Morgan fingerprint density at radius 3 is 2.41 bits per heavy atom. The van der Waals surface area contributed by atoms with Crippen molar-refractivity contribution < 1.29 is 9.53 Å². The number of likely N-dealkylation sites (N-methyl/N-ethyl adjacent to an activating group) is 1. The van der Waals surface area contributed by atoms with E-state index in [0.29, 0.717) is 11.4 Å². The standard InChI is InChI=1S/C16H23ClN2O2.ClH/c1-13(12-19-9-7-18(2)8-10-19)21-16(20)11-14-3-5-15(17)6-4-14;/h3-6,13H,7-12H2,1-2H3;1H. The van der Waals surface area contributed by atoms with Crippen LogP contribution in [0, 0.1) is 0 Å². The van der Waals surface area contributed by atoms with E-state index in [1.807, 2.05) is 19.1 Å². The first-order chi connectivity index (χ1) is 10.0. The first-order valence-corrected chi connectivity index (χ1v) is 7.75. The third-order valence-corrected chi connectivity index (χ3v) is 3.96. The second kappa shape index (κ2) is 9.36. The van der Waals surface area contributed by atoms with Gasteiger partial charge in [0.1, 0.15) is 6.10 Å². The van der Waals surface area contributed by atoms with Crippen molar-refractivity contribution in [1.29, 1.82) is 0 Å². The normalized spacial score (nSPS) is 17.6. The highest BCUT2D eigenvalue weighted by atomic mass is 35.5. The van der Waals surface area contributed by atoms with E-state index in [9.17, 15) is 4.79 Å². The van der Waals surface area contributed by atoms with Crippen molar-refractivity contribution in [2.75, 3.05) is 39.8 Å². The third-order valence-electron chi connectivity index (χ3n) is 3.71. The number of hydrogen-bond donors (Lipinski definition) is 0. The molecule has 1 aromatic rings. The minimum atomic E-state index is -0.182. The number of benzene rings is 1. The Bertz CT molecular complexity index is 460. The Kier molecular flexibility index (Phi) is 8.18. The van der Waals surface area contributed by atoms with Crippen molar-refractivity contribution in [1.82, 2.24) is 9.80 Å². The summed E-state index contributed by atoms with van der Waals surface area (Å²) in [6.07, 6.45) is 0.220. The van der Waals surface area contributed by atoms with Gasteiger partial charge in [0.25, 0.3) is 0 Å². The first-order valence-electron chi connectivity index (χ1n) is 7.38. The van der Waals surface area contributed by atoms with Crippen LogP contribution in [0.1, 0.15) is 12.5 Å². The molecule has 1 aliphatic heterocycles. The summed E-state index contributed by atoms with van der Waals surface area (Å²) in [7, 11) is 2.13. The molecule has 1 fully saturated rings. The Morgan fingerprint density at radius 1 is 1.23 bits per heavy atom. The summed E-state index contributed by atoms with van der Waals surface area (Å²) in [5.74, 6) is -0.182. The van der Waals surface area contributed by atoms with Crippen LogP contribution in [-0.2, 0) is 16.0 Å². The molecule has 1 aromatic carbocycles. The third kappa shape index (κ3) is 6.53. The molecule has 1 unspecified atom stereocenters. The van der Waals surface area contributed by atoms with E-state index in [0.717, 1.165) is 38.3 Å². The number of esters is 1. The van der Waals surface area contributed by atoms with Crippen LogP contribution < -0.4 is 0 Å². The highest BCUT2D eigenvalue weighted by Gasteiger charge is 2.18. The summed E-state index contributed by atoms with van der Waals surface area (Å²) in [5.41, 5.74) is 0.927. The zero-order valence-electron chi connectivity index (χ0n) is 13.1. The average Bonchev–Trinajstić information content (AvgIpc) is 2.44. The van der Waals surface area contributed by atoms with Gasteiger partial charge >= 0.3 is 5.97 Å². The van der Waals surface area contributed by atoms with Crippen LogP contribution in [0.15, 0.2) is 24.3 Å². The van der Waals surface area contributed by atoms with Gasteiger partial charge < -0.3 is 9.64 Å². The Hall–Kier alpha value is -0.810. The molecule has 0 radical (unpaired) electrons. The van der Waals surface area contributed by atoms with Crippen LogP contribution >= 0.6 is 24.0 Å². The molecular weight excluding hydrogens is 323 g/mol. The van der Waals surface area contributed by atoms with Crippen LogP contribution in [0.25, 0.3) is 0 Å². The molecule has 1 saturated heterocycles. The lowest BCUT2D eigenvalue weighted by Gasteiger charge is -2.33. The smallest absolute Gasteiger partial charge is 0.310 e. The highest BCUT2D eigenvalue weighted by Crippen LogP contribution is 2.11. The number of halogens is 2. The fourth-order valence-corrected chi connectivity index (χ4v) is 2.59. The fraction of sp³-hybridized carbons (Fsp3) is 0.562. The second-order valence-corrected chi connectivity index (χ2v) is 6.14. The largest absolute Gasteiger partial charge is 0.461 e. The molecule has 0 spiro atoms. The summed E-state index contributed by atoms with van der Waals surface area (Å²) >= 11 is 5.83. The number of carbonyl (C=O) groups excluding carboxylic acids is 1. The van der Waals surface area contributed by atoms with Gasteiger partial charge in [-0.3, -0.25) is 9.69 Å². The van der Waals surface area contributed by atoms with Gasteiger partial charge in [0.15, 0.2) is 0 Å². The van der Waals surface area contributed by atoms with Gasteiger partial charge in [0.05, 0.1) is 6.42 Å². The average molecular weight is 347 g/mol. The molecule has 0 aromatic heterocycles. The Morgan fingerprint density at radius 2 is 1.82 bits per heavy atom. The molecule has 0 aliphatic carbocycles. The summed E-state index contributed by atoms with van der Waals surface area (Å²) in [6, 6.07) is 7.29. The summed E-state index contributed by atoms with van der Waals surface area (Å²) in [4.78, 5) is 16.6. The van der Waals surface area contributed by atoms with E-state index in [1.54, 1.807) is 12.1 Å². The number of ether oxygens (including phenoxy) is 1. The molecule has 4 nitrogen and oxygen atoms in total. The molecule has 0 bridgehead atoms. The summed E-state index contributed by atoms with van der Waals surface area (Å²) in [5, 5.41) is 0.676. The molecule has 22 heavy (non-hydrogen) atoms. The summed E-state index contributed by atoms with van der Waals surface area (Å²) in [6.45, 7) is 6.99. The SMILES string of the molecule is CC(CN1CCN(C)CC1)OC(=O)Cc1ccc(Cl)cc1.Cl. The molecule has 1 aliphatic rings. The van der Waals surface area contributed by atoms with Crippen LogP contribution in [0.2, 0.25) is 5.02 Å². The minimum Gasteiger partial charge on any atom is -0.461 e. The maximum atomic E-state index is 11.9. The van der Waals surface area contributed by atoms with Gasteiger partial charge in [-0.05, 0) is 31.7 Å². The Balaban J connectivity index is 0.00000242. The molecule has 1 atom stereocenters. The molecule has 6 heteroatoms. The number of rotatable bonds is 5. The number of piperazine rings is 1. The predicted molar refractivity (Wildman–Crippen MR) is 91.9 cm³/mol. The van der Waals surface area contributed by atoms with Crippen LogP contribution in [-0.4, -0.2) is 61.6 Å². The van der Waals surface area contributed by atoms with Gasteiger partial charge in [-0.1, -0.05) is 23.7 Å². The van der Waals surface area contributed by atoms with Gasteiger partial charge in [0, 0.05) is 37.7 Å². The van der Waals surface area contributed by atoms with E-state index >= 15 is 0 Å². The van der Waals surface area contributed by atoms with E-state index in [2.05, 4.69) is 16.8 Å². The van der Waals surface area contributed by atoms with Crippen LogP contribution in [0.4, 0.5) is 0 Å². The van der Waals surface area contributed by atoms with E-state index < -0.39 is 0 Å². The Labute approximate surface area is 143 Å². The topological polar surface area (TPSA) is 32.8 Å². The van der Waals surface area contributed by atoms with Crippen LogP contribution in [0.3, 0.4) is 0 Å². The van der Waals surface area contributed by atoms with Gasteiger partial charge in [-0.15, -0.1) is 12.4 Å². The number of hydrogen-bond acceptors (Lipinski definition) is 4. The van der Waals surface area contributed by atoms with Crippen LogP contribution in [0.5, 0.6) is 0 Å². The van der Waals surface area contributed by atoms with Crippen molar-refractivity contribution in [3.8, 4) is 0 Å². The molecule has 0 amide bonds. The monoisotopic (exact) mass is 346 g/mol. The quantitative estimate of drug-likeness (QED) is 0.767. The van der Waals surface area contributed by atoms with Gasteiger partial charge in [-0.2, -0.15) is 0 Å². The van der Waals surface area contributed by atoms with Crippen molar-refractivity contribution in [3.63, 3.8) is 0 Å².